The van der Waals surface area contributed by atoms with E-state index in [2.05, 4.69) is 15.7 Å². The van der Waals surface area contributed by atoms with Crippen molar-refractivity contribution in [1.29, 1.82) is 0 Å². The van der Waals surface area contributed by atoms with E-state index in [1.807, 2.05) is 12.1 Å². The van der Waals surface area contributed by atoms with Crippen molar-refractivity contribution in [2.45, 2.75) is 32.2 Å². The van der Waals surface area contributed by atoms with Crippen molar-refractivity contribution in [3.8, 4) is 5.75 Å². The Hall–Kier alpha value is -2.83. The molecule has 2 amide bonds. The molecule has 132 valence electrons. The highest BCUT2D eigenvalue weighted by Gasteiger charge is 2.13. The highest BCUT2D eigenvalue weighted by molar-refractivity contribution is 5.90. The summed E-state index contributed by atoms with van der Waals surface area (Å²) in [5.41, 5.74) is 2.54. The molecule has 0 bridgehead atoms. The van der Waals surface area contributed by atoms with Crippen LogP contribution in [-0.2, 0) is 19.4 Å². The summed E-state index contributed by atoms with van der Waals surface area (Å²) in [6, 6.07) is 8.50. The lowest BCUT2D eigenvalue weighted by Gasteiger charge is -2.16. The van der Waals surface area contributed by atoms with Gasteiger partial charge in [-0.2, -0.15) is 5.10 Å². The highest BCUT2D eigenvalue weighted by atomic mass is 16.5. The van der Waals surface area contributed by atoms with E-state index in [1.165, 1.54) is 4.68 Å². The molecule has 1 heterocycles. The van der Waals surface area contributed by atoms with Gasteiger partial charge in [-0.05, 0) is 43.4 Å². The third-order valence-corrected chi connectivity index (χ3v) is 4.24. The summed E-state index contributed by atoms with van der Waals surface area (Å²) in [4.78, 5) is 24.1. The summed E-state index contributed by atoms with van der Waals surface area (Å²) >= 11 is 0. The molecule has 1 aromatic heterocycles. The van der Waals surface area contributed by atoms with Gasteiger partial charge in [0.05, 0.1) is 25.0 Å². The van der Waals surface area contributed by atoms with Gasteiger partial charge >= 0.3 is 6.03 Å². The maximum Gasteiger partial charge on any atom is 0.319 e. The fourth-order valence-electron chi connectivity index (χ4n) is 2.95. The molecule has 0 spiro atoms. The summed E-state index contributed by atoms with van der Waals surface area (Å²) in [6.07, 6.45) is 4.07. The molecule has 0 radical (unpaired) electrons. The summed E-state index contributed by atoms with van der Waals surface area (Å²) in [7, 11) is 1.55. The second-order valence-electron chi connectivity index (χ2n) is 5.97. The quantitative estimate of drug-likeness (QED) is 0.870. The molecule has 1 aromatic carbocycles. The topological polar surface area (TPSA) is 85.2 Å². The number of carbonyl (C=O) groups is 1. The predicted molar refractivity (Wildman–Crippen MR) is 95.2 cm³/mol. The zero-order chi connectivity index (χ0) is 17.6. The molecule has 0 saturated heterocycles. The number of methoxy groups -OCH3 is 1. The van der Waals surface area contributed by atoms with Crippen molar-refractivity contribution in [2.75, 3.05) is 19.0 Å². The number of aryl methyl sites for hydroxylation is 2. The monoisotopic (exact) mass is 342 g/mol. The van der Waals surface area contributed by atoms with Crippen LogP contribution in [0.1, 0.15) is 24.1 Å². The number of ether oxygens (including phenoxy) is 1. The molecule has 0 atom stereocenters. The fourth-order valence-corrected chi connectivity index (χ4v) is 2.95. The second-order valence-corrected chi connectivity index (χ2v) is 5.97. The lowest BCUT2D eigenvalue weighted by atomic mass is 9.97. The first-order valence-corrected chi connectivity index (χ1v) is 8.45. The molecule has 1 aliphatic rings. The minimum atomic E-state index is -0.351. The average Bonchev–Trinajstić information content (AvgIpc) is 2.62. The van der Waals surface area contributed by atoms with Gasteiger partial charge in [0.1, 0.15) is 5.75 Å². The van der Waals surface area contributed by atoms with Crippen LogP contribution in [0.3, 0.4) is 0 Å². The number of fused-ring (bicyclic) bond motifs is 1. The third kappa shape index (κ3) is 4.17. The summed E-state index contributed by atoms with van der Waals surface area (Å²) in [6.45, 7) is 0.651. The van der Waals surface area contributed by atoms with Crippen LogP contribution in [0, 0.1) is 0 Å². The largest absolute Gasteiger partial charge is 0.495 e. The second kappa shape index (κ2) is 7.83. The van der Waals surface area contributed by atoms with E-state index in [1.54, 1.807) is 25.3 Å². The molecule has 0 fully saturated rings. The normalized spacial score (nSPS) is 13.0. The minimum absolute atomic E-state index is 0.118. The first-order chi connectivity index (χ1) is 12.2. The number of rotatable bonds is 5. The number of amides is 2. The Morgan fingerprint density at radius 3 is 2.92 bits per heavy atom. The van der Waals surface area contributed by atoms with Crippen LogP contribution in [0.5, 0.6) is 5.75 Å². The van der Waals surface area contributed by atoms with Crippen molar-refractivity contribution in [1.82, 2.24) is 15.1 Å². The van der Waals surface area contributed by atoms with Crippen LogP contribution in [0.2, 0.25) is 0 Å². The number of urea groups is 1. The van der Waals surface area contributed by atoms with Gasteiger partial charge in [0, 0.05) is 12.6 Å². The number of hydrogen-bond acceptors (Lipinski definition) is 4. The molecule has 2 N–H and O–H groups in total. The van der Waals surface area contributed by atoms with Gasteiger partial charge in [0.2, 0.25) is 0 Å². The van der Waals surface area contributed by atoms with Crippen molar-refractivity contribution in [3.63, 3.8) is 0 Å². The van der Waals surface area contributed by atoms with Crippen LogP contribution >= 0.6 is 0 Å². The molecule has 25 heavy (non-hydrogen) atoms. The van der Waals surface area contributed by atoms with Crippen molar-refractivity contribution >= 4 is 11.7 Å². The molecule has 7 heteroatoms. The van der Waals surface area contributed by atoms with Crippen LogP contribution in [0.15, 0.2) is 35.1 Å². The SMILES string of the molecule is COc1ccccc1NC(=O)NCCn1nc2c(cc1=O)CCCC2. The van der Waals surface area contributed by atoms with Crippen LogP contribution in [-0.4, -0.2) is 29.5 Å². The van der Waals surface area contributed by atoms with E-state index < -0.39 is 0 Å². The lowest BCUT2D eigenvalue weighted by Crippen LogP contribution is -2.35. The Labute approximate surface area is 146 Å². The first-order valence-electron chi connectivity index (χ1n) is 8.45. The van der Waals surface area contributed by atoms with Gasteiger partial charge in [-0.1, -0.05) is 12.1 Å². The number of para-hydroxylation sites is 2. The molecule has 0 saturated carbocycles. The first kappa shape index (κ1) is 17.0. The number of nitrogens with one attached hydrogen (secondary N) is 2. The Morgan fingerprint density at radius 1 is 1.28 bits per heavy atom. The number of benzene rings is 1. The van der Waals surface area contributed by atoms with Gasteiger partial charge in [-0.25, -0.2) is 9.48 Å². The Balaban J connectivity index is 1.56. The van der Waals surface area contributed by atoms with E-state index in [0.29, 0.717) is 24.5 Å². The molecular weight excluding hydrogens is 320 g/mol. The lowest BCUT2D eigenvalue weighted by molar-refractivity contribution is 0.251. The Morgan fingerprint density at radius 2 is 2.08 bits per heavy atom. The van der Waals surface area contributed by atoms with E-state index in [4.69, 9.17) is 4.74 Å². The van der Waals surface area contributed by atoms with Crippen LogP contribution in [0.25, 0.3) is 0 Å². The molecule has 2 aromatic rings. The van der Waals surface area contributed by atoms with E-state index in [-0.39, 0.29) is 11.6 Å². The van der Waals surface area contributed by atoms with Gasteiger partial charge in [-0.3, -0.25) is 4.79 Å². The molecule has 0 aliphatic heterocycles. The molecule has 7 nitrogen and oxygen atoms in total. The minimum Gasteiger partial charge on any atom is -0.495 e. The average molecular weight is 342 g/mol. The zero-order valence-electron chi connectivity index (χ0n) is 14.2. The predicted octanol–water partition coefficient (Wildman–Crippen LogP) is 1.95. The number of aromatic nitrogens is 2. The van der Waals surface area contributed by atoms with Crippen molar-refractivity contribution in [3.05, 3.63) is 51.9 Å². The van der Waals surface area contributed by atoms with E-state index in [9.17, 15) is 9.59 Å². The van der Waals surface area contributed by atoms with E-state index >= 15 is 0 Å². The Kier molecular flexibility index (Phi) is 5.33. The van der Waals surface area contributed by atoms with Gasteiger partial charge in [0.15, 0.2) is 0 Å². The summed E-state index contributed by atoms with van der Waals surface area (Å²) in [5.74, 6) is 0.588. The van der Waals surface area contributed by atoms with Crippen molar-refractivity contribution < 1.29 is 9.53 Å². The molecule has 3 rings (SSSR count). The highest BCUT2D eigenvalue weighted by Crippen LogP contribution is 2.22. The standard InChI is InChI=1S/C18H22N4O3/c1-25-16-9-5-4-8-15(16)20-18(24)19-10-11-22-17(23)12-13-6-2-3-7-14(13)21-22/h4-5,8-9,12H,2-3,6-7,10-11H2,1H3,(H2,19,20,24). The van der Waals surface area contributed by atoms with Crippen LogP contribution in [0.4, 0.5) is 10.5 Å². The number of nitrogens with zero attached hydrogens (tertiary/aromatic N) is 2. The maximum absolute atomic E-state index is 12.1. The van der Waals surface area contributed by atoms with E-state index in [0.717, 1.165) is 36.9 Å². The number of carbonyl (C=O) groups excluding carboxylic acids is 1. The summed E-state index contributed by atoms with van der Waals surface area (Å²) in [5, 5.41) is 9.90. The van der Waals surface area contributed by atoms with Crippen LogP contribution < -0.4 is 20.9 Å². The molecular formula is C18H22N4O3. The molecule has 0 unspecified atom stereocenters. The summed E-state index contributed by atoms with van der Waals surface area (Å²) < 4.78 is 6.61. The third-order valence-electron chi connectivity index (χ3n) is 4.24. The number of hydrogen-bond donors (Lipinski definition) is 2. The smallest absolute Gasteiger partial charge is 0.319 e. The van der Waals surface area contributed by atoms with Gasteiger partial charge in [-0.15, -0.1) is 0 Å². The molecule has 1 aliphatic carbocycles. The zero-order valence-corrected chi connectivity index (χ0v) is 14.2. The number of anilines is 1. The maximum atomic E-state index is 12.1. The van der Waals surface area contributed by atoms with Gasteiger partial charge < -0.3 is 15.4 Å². The fraction of sp³-hybridized carbons (Fsp3) is 0.389. The van der Waals surface area contributed by atoms with Crippen molar-refractivity contribution in [2.24, 2.45) is 0 Å². The van der Waals surface area contributed by atoms with Gasteiger partial charge in [0.25, 0.3) is 5.56 Å². The Bertz CT molecular complexity index is 816.